The van der Waals surface area contributed by atoms with Gasteiger partial charge in [0.15, 0.2) is 0 Å². The number of benzene rings is 1. The van der Waals surface area contributed by atoms with Crippen LogP contribution in [0.5, 0.6) is 0 Å². The van der Waals surface area contributed by atoms with Crippen molar-refractivity contribution in [2.75, 3.05) is 5.32 Å². The number of aryl methyl sites for hydroxylation is 1. The Morgan fingerprint density at radius 1 is 1.33 bits per heavy atom. The Bertz CT molecular complexity index is 839. The van der Waals surface area contributed by atoms with Crippen LogP contribution < -0.4 is 5.32 Å². The summed E-state index contributed by atoms with van der Waals surface area (Å²) in [6.07, 6.45) is 1.67. The highest BCUT2D eigenvalue weighted by Gasteiger charge is 2.39. The number of anilines is 1. The molecule has 1 fully saturated rings. The van der Waals surface area contributed by atoms with Gasteiger partial charge in [0.05, 0.1) is 5.69 Å². The van der Waals surface area contributed by atoms with E-state index in [0.717, 1.165) is 23.5 Å². The Hall–Kier alpha value is -2.40. The summed E-state index contributed by atoms with van der Waals surface area (Å²) < 4.78 is 1.73. The molecule has 2 aromatic heterocycles. The van der Waals surface area contributed by atoms with Gasteiger partial charge >= 0.3 is 0 Å². The third kappa shape index (κ3) is 3.12. The summed E-state index contributed by atoms with van der Waals surface area (Å²) in [7, 11) is 1.86. The molecule has 3 aromatic rings. The molecule has 1 aromatic carbocycles. The second-order valence-corrected chi connectivity index (χ2v) is 7.10. The van der Waals surface area contributed by atoms with E-state index in [1.165, 1.54) is 5.56 Å². The van der Waals surface area contributed by atoms with Crippen LogP contribution in [0.25, 0.3) is 11.3 Å². The number of thiophene rings is 1. The monoisotopic (exact) mass is 337 g/mol. The topological polar surface area (TPSA) is 46.9 Å². The maximum absolute atomic E-state index is 12.3. The number of carbonyl (C=O) groups is 1. The van der Waals surface area contributed by atoms with E-state index in [1.807, 2.05) is 30.6 Å². The van der Waals surface area contributed by atoms with Crippen LogP contribution in [0.1, 0.15) is 24.3 Å². The molecule has 24 heavy (non-hydrogen) atoms. The van der Waals surface area contributed by atoms with Crippen molar-refractivity contribution in [3.8, 4) is 11.3 Å². The summed E-state index contributed by atoms with van der Waals surface area (Å²) in [6, 6.07) is 14.4. The third-order valence-corrected chi connectivity index (χ3v) is 5.25. The molecule has 1 saturated carbocycles. The molecule has 0 spiro atoms. The highest BCUT2D eigenvalue weighted by Crippen LogP contribution is 2.49. The Labute approximate surface area is 145 Å². The zero-order valence-corrected chi connectivity index (χ0v) is 14.3. The van der Waals surface area contributed by atoms with E-state index in [0.29, 0.717) is 18.3 Å². The molecule has 0 aliphatic heterocycles. The second kappa shape index (κ2) is 6.24. The van der Waals surface area contributed by atoms with E-state index in [1.54, 1.807) is 16.0 Å². The second-order valence-electron chi connectivity index (χ2n) is 6.32. The summed E-state index contributed by atoms with van der Waals surface area (Å²) in [4.78, 5) is 12.3. The zero-order chi connectivity index (χ0) is 16.5. The van der Waals surface area contributed by atoms with Crippen molar-refractivity contribution in [3.63, 3.8) is 0 Å². The average Bonchev–Trinajstić information content (AvgIpc) is 2.97. The molecule has 4 rings (SSSR count). The van der Waals surface area contributed by atoms with E-state index in [-0.39, 0.29) is 5.91 Å². The number of nitrogens with one attached hydrogen (secondary N) is 1. The molecule has 1 aliphatic rings. The van der Waals surface area contributed by atoms with E-state index in [4.69, 9.17) is 0 Å². The van der Waals surface area contributed by atoms with Crippen LogP contribution in [-0.4, -0.2) is 15.7 Å². The molecule has 1 N–H and O–H groups in total. The number of nitrogens with zero attached hydrogens (tertiary/aromatic N) is 2. The van der Waals surface area contributed by atoms with E-state index < -0.39 is 0 Å². The van der Waals surface area contributed by atoms with Gasteiger partial charge in [-0.25, -0.2) is 0 Å². The van der Waals surface area contributed by atoms with Gasteiger partial charge in [-0.2, -0.15) is 16.4 Å². The summed E-state index contributed by atoms with van der Waals surface area (Å²) in [5.41, 5.74) is 3.32. The van der Waals surface area contributed by atoms with Crippen LogP contribution in [0.3, 0.4) is 0 Å². The van der Waals surface area contributed by atoms with Crippen LogP contribution in [0.2, 0.25) is 0 Å². The van der Waals surface area contributed by atoms with Gasteiger partial charge in [0.25, 0.3) is 0 Å². The molecular formula is C19H19N3OS. The van der Waals surface area contributed by atoms with Gasteiger partial charge in [-0.1, -0.05) is 30.3 Å². The average molecular weight is 337 g/mol. The lowest BCUT2D eigenvalue weighted by molar-refractivity contribution is -0.116. The molecule has 122 valence electrons. The molecule has 0 bridgehead atoms. The molecular weight excluding hydrogens is 318 g/mol. The van der Waals surface area contributed by atoms with Crippen molar-refractivity contribution >= 4 is 23.1 Å². The fourth-order valence-corrected chi connectivity index (χ4v) is 3.80. The minimum absolute atomic E-state index is 0.0679. The maximum Gasteiger partial charge on any atom is 0.225 e. The molecule has 0 radical (unpaired) electrons. The summed E-state index contributed by atoms with van der Waals surface area (Å²) in [5.74, 6) is 1.80. The molecule has 4 nitrogen and oxygen atoms in total. The van der Waals surface area contributed by atoms with Crippen LogP contribution >= 0.6 is 11.3 Å². The lowest BCUT2D eigenvalue weighted by atomic mass is 10.1. The zero-order valence-electron chi connectivity index (χ0n) is 13.5. The summed E-state index contributed by atoms with van der Waals surface area (Å²) >= 11 is 1.64. The summed E-state index contributed by atoms with van der Waals surface area (Å²) in [6.45, 7) is 0. The van der Waals surface area contributed by atoms with Crippen molar-refractivity contribution in [1.29, 1.82) is 0 Å². The first-order chi connectivity index (χ1) is 11.7. The number of carbonyl (C=O) groups excluding carboxylic acids is 1. The third-order valence-electron chi connectivity index (χ3n) is 4.56. The van der Waals surface area contributed by atoms with Gasteiger partial charge in [-0.3, -0.25) is 9.48 Å². The SMILES string of the molecule is Cn1nc(-c2ccsc2)cc1NC(=O)C[C@@H]1C[C@H]1c1ccccc1. The lowest BCUT2D eigenvalue weighted by Gasteiger charge is -2.05. The van der Waals surface area contributed by atoms with Crippen LogP contribution in [-0.2, 0) is 11.8 Å². The number of hydrogen-bond acceptors (Lipinski definition) is 3. The number of hydrogen-bond donors (Lipinski definition) is 1. The minimum atomic E-state index is 0.0679. The molecule has 5 heteroatoms. The van der Waals surface area contributed by atoms with Gasteiger partial charge < -0.3 is 5.32 Å². The minimum Gasteiger partial charge on any atom is -0.311 e. The van der Waals surface area contributed by atoms with Gasteiger partial charge in [-0.15, -0.1) is 0 Å². The maximum atomic E-state index is 12.3. The van der Waals surface area contributed by atoms with E-state index in [9.17, 15) is 4.79 Å². The van der Waals surface area contributed by atoms with Crippen LogP contribution in [0, 0.1) is 5.92 Å². The van der Waals surface area contributed by atoms with Gasteiger partial charge in [0.2, 0.25) is 5.91 Å². The van der Waals surface area contributed by atoms with Gasteiger partial charge in [0, 0.05) is 30.5 Å². The number of amides is 1. The van der Waals surface area contributed by atoms with Crippen molar-refractivity contribution < 1.29 is 4.79 Å². The Morgan fingerprint density at radius 3 is 2.92 bits per heavy atom. The van der Waals surface area contributed by atoms with Crippen molar-refractivity contribution in [3.05, 3.63) is 58.8 Å². The molecule has 2 atom stereocenters. The molecule has 1 amide bonds. The molecule has 2 heterocycles. The number of aromatic nitrogens is 2. The largest absolute Gasteiger partial charge is 0.311 e. The van der Waals surface area contributed by atoms with Gasteiger partial charge in [0.1, 0.15) is 5.82 Å². The van der Waals surface area contributed by atoms with Crippen molar-refractivity contribution in [2.24, 2.45) is 13.0 Å². The fraction of sp³-hybridized carbons (Fsp3) is 0.263. The van der Waals surface area contributed by atoms with E-state index in [2.05, 4.69) is 40.1 Å². The smallest absolute Gasteiger partial charge is 0.225 e. The Balaban J connectivity index is 1.37. The quantitative estimate of drug-likeness (QED) is 0.755. The first kappa shape index (κ1) is 15.1. The first-order valence-corrected chi connectivity index (χ1v) is 9.06. The highest BCUT2D eigenvalue weighted by atomic mass is 32.1. The molecule has 1 aliphatic carbocycles. The normalized spacial score (nSPS) is 19.2. The van der Waals surface area contributed by atoms with Crippen molar-refractivity contribution in [2.45, 2.75) is 18.8 Å². The van der Waals surface area contributed by atoms with E-state index >= 15 is 0 Å². The van der Waals surface area contributed by atoms with Crippen molar-refractivity contribution in [1.82, 2.24) is 9.78 Å². The molecule has 0 saturated heterocycles. The first-order valence-electron chi connectivity index (χ1n) is 8.12. The summed E-state index contributed by atoms with van der Waals surface area (Å²) in [5, 5.41) is 11.6. The lowest BCUT2D eigenvalue weighted by Crippen LogP contribution is -2.14. The Kier molecular flexibility index (Phi) is 3.94. The number of rotatable bonds is 5. The van der Waals surface area contributed by atoms with Crippen LogP contribution in [0.4, 0.5) is 5.82 Å². The Morgan fingerprint density at radius 2 is 2.17 bits per heavy atom. The predicted molar refractivity (Wildman–Crippen MR) is 97.1 cm³/mol. The van der Waals surface area contributed by atoms with Gasteiger partial charge in [-0.05, 0) is 35.3 Å². The van der Waals surface area contributed by atoms with Crippen LogP contribution in [0.15, 0.2) is 53.2 Å². The predicted octanol–water partition coefficient (Wildman–Crippen LogP) is 4.28. The molecule has 0 unspecified atom stereocenters. The fourth-order valence-electron chi connectivity index (χ4n) is 3.15. The standard InChI is InChI=1S/C19H19N3OS/c1-22-18(11-17(21-22)14-7-8-24-12-14)20-19(23)10-15-9-16(15)13-5-3-2-4-6-13/h2-8,11-12,15-16H,9-10H2,1H3,(H,20,23)/t15-,16-/m0/s1. The highest BCUT2D eigenvalue weighted by molar-refractivity contribution is 7.08.